The third-order valence-electron chi connectivity index (χ3n) is 3.54. The van der Waals surface area contributed by atoms with E-state index in [0.29, 0.717) is 31.7 Å². The molecule has 2 N–H and O–H groups in total. The molecule has 1 saturated heterocycles. The third-order valence-corrected chi connectivity index (χ3v) is 5.48. The number of carbonyl (C=O) groups is 1. The highest BCUT2D eigenvalue weighted by atomic mass is 32.2. The van der Waals surface area contributed by atoms with Crippen LogP contribution in [0.15, 0.2) is 29.2 Å². The van der Waals surface area contributed by atoms with Crippen molar-refractivity contribution in [1.29, 1.82) is 0 Å². The summed E-state index contributed by atoms with van der Waals surface area (Å²) in [5, 5.41) is 0. The van der Waals surface area contributed by atoms with E-state index >= 15 is 0 Å². The fourth-order valence-corrected chi connectivity index (χ4v) is 3.98. The zero-order valence-electron chi connectivity index (χ0n) is 11.3. The van der Waals surface area contributed by atoms with Crippen LogP contribution < -0.4 is 10.5 Å². The predicted molar refractivity (Wildman–Crippen MR) is 73.7 cm³/mol. The third kappa shape index (κ3) is 2.78. The van der Waals surface area contributed by atoms with Gasteiger partial charge < -0.3 is 10.5 Å². The van der Waals surface area contributed by atoms with Gasteiger partial charge in [-0.2, -0.15) is 4.31 Å². The van der Waals surface area contributed by atoms with Crippen molar-refractivity contribution in [2.45, 2.75) is 17.7 Å². The summed E-state index contributed by atoms with van der Waals surface area (Å²) in [5.41, 5.74) is 5.25. The van der Waals surface area contributed by atoms with Gasteiger partial charge in [0.05, 0.1) is 7.11 Å². The van der Waals surface area contributed by atoms with E-state index in [2.05, 4.69) is 0 Å². The van der Waals surface area contributed by atoms with Crippen LogP contribution in [-0.4, -0.2) is 38.8 Å². The predicted octanol–water partition coefficient (Wildman–Crippen LogP) is 0.581. The van der Waals surface area contributed by atoms with Gasteiger partial charge in [0.2, 0.25) is 15.9 Å². The van der Waals surface area contributed by atoms with Crippen molar-refractivity contribution in [3.63, 3.8) is 0 Å². The summed E-state index contributed by atoms with van der Waals surface area (Å²) in [7, 11) is -2.16. The van der Waals surface area contributed by atoms with Crippen molar-refractivity contribution in [2.24, 2.45) is 11.7 Å². The Labute approximate surface area is 118 Å². The van der Waals surface area contributed by atoms with Crippen LogP contribution in [-0.2, 0) is 14.8 Å². The van der Waals surface area contributed by atoms with Gasteiger partial charge in [-0.25, -0.2) is 8.42 Å². The lowest BCUT2D eigenvalue weighted by atomic mass is 9.98. The first-order valence-electron chi connectivity index (χ1n) is 6.39. The van der Waals surface area contributed by atoms with Crippen LogP contribution in [0.25, 0.3) is 0 Å². The molecule has 1 fully saturated rings. The Morgan fingerprint density at radius 3 is 2.45 bits per heavy atom. The molecular weight excluding hydrogens is 280 g/mol. The van der Waals surface area contributed by atoms with Gasteiger partial charge in [-0.1, -0.05) is 12.1 Å². The van der Waals surface area contributed by atoms with Crippen molar-refractivity contribution in [3.8, 4) is 5.75 Å². The van der Waals surface area contributed by atoms with E-state index < -0.39 is 10.0 Å². The maximum atomic E-state index is 12.6. The zero-order valence-corrected chi connectivity index (χ0v) is 12.1. The summed E-state index contributed by atoms with van der Waals surface area (Å²) >= 11 is 0. The molecule has 110 valence electrons. The number of rotatable bonds is 4. The van der Waals surface area contributed by atoms with Gasteiger partial charge in [0.1, 0.15) is 10.6 Å². The molecular formula is C13H18N2O4S. The van der Waals surface area contributed by atoms with E-state index in [-0.39, 0.29) is 16.7 Å². The molecule has 0 spiro atoms. The topological polar surface area (TPSA) is 89.7 Å². The molecule has 6 nitrogen and oxygen atoms in total. The van der Waals surface area contributed by atoms with Crippen LogP contribution in [0.5, 0.6) is 5.75 Å². The number of ether oxygens (including phenoxy) is 1. The summed E-state index contributed by atoms with van der Waals surface area (Å²) in [6, 6.07) is 6.51. The van der Waals surface area contributed by atoms with Crippen LogP contribution in [0, 0.1) is 5.92 Å². The number of piperidine rings is 1. The summed E-state index contributed by atoms with van der Waals surface area (Å²) < 4.78 is 31.6. The second kappa shape index (κ2) is 5.80. The SMILES string of the molecule is COc1ccccc1S(=O)(=O)N1CCC(C(N)=O)CC1. The Hall–Kier alpha value is -1.60. The monoisotopic (exact) mass is 298 g/mol. The van der Waals surface area contributed by atoms with Crippen molar-refractivity contribution in [2.75, 3.05) is 20.2 Å². The second-order valence-electron chi connectivity index (χ2n) is 4.73. The molecule has 7 heteroatoms. The molecule has 2 rings (SSSR count). The Kier molecular flexibility index (Phi) is 4.29. The van der Waals surface area contributed by atoms with Crippen LogP contribution in [0.3, 0.4) is 0 Å². The Morgan fingerprint density at radius 2 is 1.90 bits per heavy atom. The zero-order chi connectivity index (χ0) is 14.8. The number of hydrogen-bond donors (Lipinski definition) is 1. The molecule has 1 aliphatic heterocycles. The van der Waals surface area contributed by atoms with Gasteiger partial charge in [-0.15, -0.1) is 0 Å². The van der Waals surface area contributed by atoms with E-state index in [1.54, 1.807) is 18.2 Å². The highest BCUT2D eigenvalue weighted by Gasteiger charge is 2.32. The number of methoxy groups -OCH3 is 1. The van der Waals surface area contributed by atoms with Crippen molar-refractivity contribution in [3.05, 3.63) is 24.3 Å². The van der Waals surface area contributed by atoms with Gasteiger partial charge in [-0.3, -0.25) is 4.79 Å². The molecule has 20 heavy (non-hydrogen) atoms. The fraction of sp³-hybridized carbons (Fsp3) is 0.462. The molecule has 1 aromatic carbocycles. The molecule has 0 aromatic heterocycles. The van der Waals surface area contributed by atoms with Gasteiger partial charge in [0.25, 0.3) is 0 Å². The molecule has 1 aliphatic rings. The Bertz CT molecular complexity index is 592. The summed E-state index contributed by atoms with van der Waals surface area (Å²) in [6.45, 7) is 0.599. The van der Waals surface area contributed by atoms with Crippen molar-refractivity contribution >= 4 is 15.9 Å². The molecule has 0 unspecified atom stereocenters. The van der Waals surface area contributed by atoms with Crippen LogP contribution >= 0.6 is 0 Å². The highest BCUT2D eigenvalue weighted by molar-refractivity contribution is 7.89. The smallest absolute Gasteiger partial charge is 0.246 e. The lowest BCUT2D eigenvalue weighted by Gasteiger charge is -2.30. The summed E-state index contributed by atoms with van der Waals surface area (Å²) in [4.78, 5) is 11.3. The van der Waals surface area contributed by atoms with Gasteiger partial charge in [0.15, 0.2) is 0 Å². The van der Waals surface area contributed by atoms with Gasteiger partial charge >= 0.3 is 0 Å². The summed E-state index contributed by atoms with van der Waals surface area (Å²) in [5.74, 6) is -0.275. The minimum absolute atomic E-state index is 0.153. The van der Waals surface area contributed by atoms with Crippen LogP contribution in [0.4, 0.5) is 0 Å². The van der Waals surface area contributed by atoms with E-state index in [9.17, 15) is 13.2 Å². The average molecular weight is 298 g/mol. The molecule has 1 heterocycles. The second-order valence-corrected chi connectivity index (χ2v) is 6.64. The molecule has 0 aliphatic carbocycles. The first-order chi connectivity index (χ1) is 9.46. The number of para-hydroxylation sites is 1. The van der Waals surface area contributed by atoms with E-state index in [1.807, 2.05) is 0 Å². The number of benzene rings is 1. The van der Waals surface area contributed by atoms with E-state index in [4.69, 9.17) is 10.5 Å². The van der Waals surface area contributed by atoms with E-state index in [1.165, 1.54) is 17.5 Å². The number of hydrogen-bond acceptors (Lipinski definition) is 4. The van der Waals surface area contributed by atoms with Crippen molar-refractivity contribution in [1.82, 2.24) is 4.31 Å². The maximum absolute atomic E-state index is 12.6. The maximum Gasteiger partial charge on any atom is 0.246 e. The number of nitrogens with zero attached hydrogens (tertiary/aromatic N) is 1. The number of primary amides is 1. The molecule has 0 saturated carbocycles. The molecule has 1 aromatic rings. The number of sulfonamides is 1. The molecule has 0 radical (unpaired) electrons. The Morgan fingerprint density at radius 1 is 1.30 bits per heavy atom. The van der Waals surface area contributed by atoms with Crippen molar-refractivity contribution < 1.29 is 17.9 Å². The number of nitrogens with two attached hydrogens (primary N) is 1. The summed E-state index contributed by atoms with van der Waals surface area (Å²) in [6.07, 6.45) is 0.924. The highest BCUT2D eigenvalue weighted by Crippen LogP contribution is 2.29. The van der Waals surface area contributed by atoms with Gasteiger partial charge in [0, 0.05) is 19.0 Å². The first-order valence-corrected chi connectivity index (χ1v) is 7.83. The van der Waals surface area contributed by atoms with E-state index in [0.717, 1.165) is 0 Å². The minimum atomic E-state index is -3.60. The minimum Gasteiger partial charge on any atom is -0.495 e. The lowest BCUT2D eigenvalue weighted by molar-refractivity contribution is -0.122. The van der Waals surface area contributed by atoms with Crippen LogP contribution in [0.1, 0.15) is 12.8 Å². The number of amides is 1. The number of carbonyl (C=O) groups excluding carboxylic acids is 1. The fourth-order valence-electron chi connectivity index (χ4n) is 2.35. The average Bonchev–Trinajstić information content (AvgIpc) is 2.47. The first kappa shape index (κ1) is 14.8. The molecule has 0 atom stereocenters. The standard InChI is InChI=1S/C13H18N2O4S/c1-19-11-4-2-3-5-12(11)20(17,18)15-8-6-10(7-9-15)13(14)16/h2-5,10H,6-9H2,1H3,(H2,14,16). The Balaban J connectivity index is 2.22. The van der Waals surface area contributed by atoms with Gasteiger partial charge in [-0.05, 0) is 25.0 Å². The molecule has 1 amide bonds. The lowest BCUT2D eigenvalue weighted by Crippen LogP contribution is -2.41. The molecule has 0 bridgehead atoms. The van der Waals surface area contributed by atoms with Crippen LogP contribution in [0.2, 0.25) is 0 Å². The largest absolute Gasteiger partial charge is 0.495 e. The quantitative estimate of drug-likeness (QED) is 0.880. The normalized spacial score (nSPS) is 17.9.